The number of amides is 2. The first-order chi connectivity index (χ1) is 12.2. The molecule has 128 valence electrons. The Morgan fingerprint density at radius 2 is 2.12 bits per heavy atom. The number of para-hydroxylation sites is 1. The second-order valence-electron chi connectivity index (χ2n) is 5.73. The minimum atomic E-state index is -0.260. The van der Waals surface area contributed by atoms with E-state index < -0.39 is 0 Å². The fraction of sp³-hybridized carbons (Fsp3) is 0.222. The number of ether oxygens (including phenoxy) is 1. The molecule has 1 aromatic heterocycles. The first kappa shape index (κ1) is 15.8. The lowest BCUT2D eigenvalue weighted by atomic mass is 10.1. The zero-order valence-corrected chi connectivity index (χ0v) is 14.4. The Bertz CT molecular complexity index is 982. The van der Waals surface area contributed by atoms with Crippen LogP contribution in [0, 0.1) is 0 Å². The molecule has 25 heavy (non-hydrogen) atoms. The van der Waals surface area contributed by atoms with Gasteiger partial charge in [-0.3, -0.25) is 9.59 Å². The van der Waals surface area contributed by atoms with Crippen molar-refractivity contribution in [2.24, 2.45) is 0 Å². The minimum absolute atomic E-state index is 0.0349. The lowest BCUT2D eigenvalue weighted by Crippen LogP contribution is -2.33. The zero-order valence-electron chi connectivity index (χ0n) is 13.6. The van der Waals surface area contributed by atoms with E-state index in [0.29, 0.717) is 23.6 Å². The molecule has 0 aliphatic carbocycles. The van der Waals surface area contributed by atoms with Crippen molar-refractivity contribution in [1.82, 2.24) is 4.90 Å². The molecular formula is C18H16N2O4S. The minimum Gasteiger partial charge on any atom is -0.495 e. The van der Waals surface area contributed by atoms with E-state index >= 15 is 0 Å². The number of methoxy groups -OCH3 is 1. The van der Waals surface area contributed by atoms with Crippen LogP contribution in [-0.2, 0) is 4.79 Å². The molecule has 2 amide bonds. The lowest BCUT2D eigenvalue weighted by Gasteiger charge is -2.15. The Labute approximate surface area is 148 Å². The summed E-state index contributed by atoms with van der Waals surface area (Å²) in [5, 5.41) is 4.68. The van der Waals surface area contributed by atoms with Crippen LogP contribution in [0.2, 0.25) is 0 Å². The first-order valence-electron chi connectivity index (χ1n) is 7.86. The number of hydrogen-bond donors (Lipinski definition) is 1. The van der Waals surface area contributed by atoms with Gasteiger partial charge in [-0.1, -0.05) is 30.0 Å². The van der Waals surface area contributed by atoms with E-state index in [9.17, 15) is 9.59 Å². The number of thioether (sulfide) groups is 1. The van der Waals surface area contributed by atoms with Crippen molar-refractivity contribution in [1.29, 1.82) is 0 Å². The summed E-state index contributed by atoms with van der Waals surface area (Å²) in [5.74, 6) is 1.01. The van der Waals surface area contributed by atoms with Crippen LogP contribution in [0.25, 0.3) is 21.9 Å². The molecule has 0 atom stereocenters. The van der Waals surface area contributed by atoms with Crippen LogP contribution in [0.1, 0.15) is 0 Å². The number of furan rings is 1. The highest BCUT2D eigenvalue weighted by Gasteiger charge is 2.24. The van der Waals surface area contributed by atoms with Crippen LogP contribution in [-0.4, -0.2) is 42.0 Å². The van der Waals surface area contributed by atoms with E-state index in [2.05, 4.69) is 5.32 Å². The summed E-state index contributed by atoms with van der Waals surface area (Å²) in [6.45, 7) is 0.629. The highest BCUT2D eigenvalue weighted by atomic mass is 32.2. The van der Waals surface area contributed by atoms with E-state index in [-0.39, 0.29) is 17.7 Å². The zero-order chi connectivity index (χ0) is 17.4. The fourth-order valence-corrected chi connectivity index (χ4v) is 3.78. The molecule has 1 saturated heterocycles. The number of hydrogen-bond acceptors (Lipinski definition) is 5. The highest BCUT2D eigenvalue weighted by Crippen LogP contribution is 2.36. The molecule has 0 unspecified atom stereocenters. The van der Waals surface area contributed by atoms with Gasteiger partial charge in [-0.2, -0.15) is 0 Å². The number of nitrogens with zero attached hydrogens (tertiary/aromatic N) is 1. The third-order valence-electron chi connectivity index (χ3n) is 4.15. The highest BCUT2D eigenvalue weighted by molar-refractivity contribution is 8.13. The van der Waals surface area contributed by atoms with Crippen LogP contribution in [0.3, 0.4) is 0 Å². The largest absolute Gasteiger partial charge is 0.495 e. The molecule has 0 spiro atoms. The van der Waals surface area contributed by atoms with Gasteiger partial charge in [-0.05, 0) is 12.1 Å². The van der Waals surface area contributed by atoms with Gasteiger partial charge in [-0.25, -0.2) is 0 Å². The van der Waals surface area contributed by atoms with Crippen LogP contribution in [0.5, 0.6) is 5.75 Å². The second kappa shape index (κ2) is 6.33. The number of anilines is 1. The van der Waals surface area contributed by atoms with E-state index in [1.54, 1.807) is 13.2 Å². The maximum absolute atomic E-state index is 12.3. The lowest BCUT2D eigenvalue weighted by molar-refractivity contribution is -0.116. The molecule has 7 heteroatoms. The van der Waals surface area contributed by atoms with Crippen molar-refractivity contribution in [3.63, 3.8) is 0 Å². The van der Waals surface area contributed by atoms with E-state index in [0.717, 1.165) is 22.1 Å². The molecule has 3 aromatic rings. The molecule has 1 aliphatic rings. The Balaban J connectivity index is 1.65. The molecule has 6 nitrogen and oxygen atoms in total. The third-order valence-corrected chi connectivity index (χ3v) is 5.04. The summed E-state index contributed by atoms with van der Waals surface area (Å²) in [7, 11) is 1.56. The van der Waals surface area contributed by atoms with Gasteiger partial charge in [0.1, 0.15) is 23.5 Å². The predicted octanol–water partition coefficient (Wildman–Crippen LogP) is 3.70. The SMILES string of the molecule is COc1cc2c(cc1NC(=O)CN1CCSC1=O)oc1ccccc12. The molecule has 0 saturated carbocycles. The summed E-state index contributed by atoms with van der Waals surface area (Å²) in [6, 6.07) is 11.4. The van der Waals surface area contributed by atoms with Crippen molar-refractivity contribution in [2.75, 3.05) is 31.3 Å². The molecule has 1 N–H and O–H groups in total. The van der Waals surface area contributed by atoms with Crippen molar-refractivity contribution in [2.45, 2.75) is 0 Å². The maximum Gasteiger partial charge on any atom is 0.282 e. The normalized spacial score (nSPS) is 14.4. The van der Waals surface area contributed by atoms with Gasteiger partial charge in [0.25, 0.3) is 5.24 Å². The quantitative estimate of drug-likeness (QED) is 0.772. The van der Waals surface area contributed by atoms with Gasteiger partial charge in [0.2, 0.25) is 5.91 Å². The van der Waals surface area contributed by atoms with Gasteiger partial charge >= 0.3 is 0 Å². The summed E-state index contributed by atoms with van der Waals surface area (Å²) in [5.41, 5.74) is 1.98. The number of carbonyl (C=O) groups is 2. The standard InChI is InChI=1S/C18H16N2O4S/c1-23-16-8-12-11-4-2-3-5-14(11)24-15(12)9-13(16)19-17(21)10-20-6-7-25-18(20)22/h2-5,8-9H,6-7,10H2,1H3,(H,19,21). The molecular weight excluding hydrogens is 340 g/mol. The van der Waals surface area contributed by atoms with Gasteiger partial charge in [0.15, 0.2) is 0 Å². The smallest absolute Gasteiger partial charge is 0.282 e. The molecule has 4 rings (SSSR count). The molecule has 2 aromatic carbocycles. The van der Waals surface area contributed by atoms with Gasteiger partial charge in [0, 0.05) is 29.1 Å². The van der Waals surface area contributed by atoms with E-state index in [4.69, 9.17) is 9.15 Å². The third kappa shape index (κ3) is 2.91. The first-order valence-corrected chi connectivity index (χ1v) is 8.85. The average molecular weight is 356 g/mol. The molecule has 1 aliphatic heterocycles. The molecule has 0 radical (unpaired) electrons. The number of nitrogens with one attached hydrogen (secondary N) is 1. The molecule has 2 heterocycles. The monoisotopic (exact) mass is 356 g/mol. The summed E-state index contributed by atoms with van der Waals surface area (Å²) >= 11 is 1.23. The Morgan fingerprint density at radius 3 is 2.88 bits per heavy atom. The summed E-state index contributed by atoms with van der Waals surface area (Å²) in [4.78, 5) is 25.5. The van der Waals surface area contributed by atoms with Gasteiger partial charge < -0.3 is 19.4 Å². The van der Waals surface area contributed by atoms with Crippen molar-refractivity contribution >= 4 is 50.5 Å². The van der Waals surface area contributed by atoms with E-state index in [1.807, 2.05) is 30.3 Å². The fourth-order valence-electron chi connectivity index (χ4n) is 2.95. The van der Waals surface area contributed by atoms with E-state index in [1.165, 1.54) is 16.7 Å². The topological polar surface area (TPSA) is 71.8 Å². The number of fused-ring (bicyclic) bond motifs is 3. The van der Waals surface area contributed by atoms with Crippen LogP contribution >= 0.6 is 11.8 Å². The van der Waals surface area contributed by atoms with Crippen molar-refractivity contribution in [3.8, 4) is 5.75 Å². The predicted molar refractivity (Wildman–Crippen MR) is 98.3 cm³/mol. The summed E-state index contributed by atoms with van der Waals surface area (Å²) in [6.07, 6.45) is 0. The Morgan fingerprint density at radius 1 is 1.28 bits per heavy atom. The number of carbonyl (C=O) groups excluding carboxylic acids is 2. The van der Waals surface area contributed by atoms with Crippen LogP contribution in [0.4, 0.5) is 10.5 Å². The summed E-state index contributed by atoms with van der Waals surface area (Å²) < 4.78 is 11.3. The molecule has 1 fully saturated rings. The number of rotatable bonds is 4. The van der Waals surface area contributed by atoms with Crippen molar-refractivity contribution in [3.05, 3.63) is 36.4 Å². The van der Waals surface area contributed by atoms with Crippen LogP contribution < -0.4 is 10.1 Å². The van der Waals surface area contributed by atoms with Gasteiger partial charge in [-0.15, -0.1) is 0 Å². The van der Waals surface area contributed by atoms with Crippen molar-refractivity contribution < 1.29 is 18.7 Å². The Kier molecular flexibility index (Phi) is 4.01. The average Bonchev–Trinajstić information content (AvgIpc) is 3.17. The Hall–Kier alpha value is -2.67. The number of benzene rings is 2. The second-order valence-corrected chi connectivity index (χ2v) is 6.78. The van der Waals surface area contributed by atoms with Crippen LogP contribution in [0.15, 0.2) is 40.8 Å². The van der Waals surface area contributed by atoms with Gasteiger partial charge in [0.05, 0.1) is 12.8 Å². The maximum atomic E-state index is 12.3. The molecule has 0 bridgehead atoms.